The van der Waals surface area contributed by atoms with Crippen LogP contribution in [0.3, 0.4) is 0 Å². The van der Waals surface area contributed by atoms with Crippen molar-refractivity contribution in [3.8, 4) is 0 Å². The number of ether oxygens (including phenoxy) is 2. The third-order valence-electron chi connectivity index (χ3n) is 2.54. The molecule has 1 N–H and O–H groups in total. The highest BCUT2D eigenvalue weighted by Gasteiger charge is 2.05. The molecule has 0 saturated heterocycles. The van der Waals surface area contributed by atoms with Crippen molar-refractivity contribution in [2.75, 3.05) is 39.7 Å². The van der Waals surface area contributed by atoms with Gasteiger partial charge in [-0.1, -0.05) is 12.1 Å². The predicted molar refractivity (Wildman–Crippen MR) is 74.0 cm³/mol. The maximum atomic E-state index is 11.3. The Labute approximate surface area is 114 Å². The van der Waals surface area contributed by atoms with Crippen molar-refractivity contribution in [1.82, 2.24) is 5.32 Å². The van der Waals surface area contributed by atoms with Gasteiger partial charge in [0.2, 0.25) is 0 Å². The van der Waals surface area contributed by atoms with Gasteiger partial charge in [-0.25, -0.2) is 8.42 Å². The Bertz CT molecular complexity index is 456. The van der Waals surface area contributed by atoms with Gasteiger partial charge in [0.1, 0.15) is 0 Å². The molecular weight excluding hydrogens is 266 g/mol. The van der Waals surface area contributed by atoms with E-state index in [1.807, 2.05) is 12.1 Å². The average Bonchev–Trinajstić information content (AvgIpc) is 2.37. The second-order valence-electron chi connectivity index (χ2n) is 4.20. The minimum Gasteiger partial charge on any atom is -0.382 e. The Morgan fingerprint density at radius 1 is 1.11 bits per heavy atom. The van der Waals surface area contributed by atoms with Crippen LogP contribution in [0.5, 0.6) is 0 Å². The molecule has 0 aliphatic carbocycles. The van der Waals surface area contributed by atoms with Crippen LogP contribution < -0.4 is 5.32 Å². The summed E-state index contributed by atoms with van der Waals surface area (Å²) in [4.78, 5) is 0.346. The van der Waals surface area contributed by atoms with Crippen molar-refractivity contribution in [1.29, 1.82) is 0 Å². The van der Waals surface area contributed by atoms with E-state index in [0.717, 1.165) is 12.1 Å². The Balaban J connectivity index is 2.23. The molecule has 6 heteroatoms. The monoisotopic (exact) mass is 287 g/mol. The highest BCUT2D eigenvalue weighted by atomic mass is 32.2. The smallest absolute Gasteiger partial charge is 0.175 e. The average molecular weight is 287 g/mol. The Morgan fingerprint density at radius 3 is 2.37 bits per heavy atom. The van der Waals surface area contributed by atoms with Crippen LogP contribution in [-0.2, 0) is 25.9 Å². The zero-order chi connectivity index (χ0) is 14.1. The van der Waals surface area contributed by atoms with Crippen LogP contribution in [0.2, 0.25) is 0 Å². The van der Waals surface area contributed by atoms with Crippen molar-refractivity contribution in [3.63, 3.8) is 0 Å². The lowest BCUT2D eigenvalue weighted by atomic mass is 10.2. The fourth-order valence-corrected chi connectivity index (χ4v) is 2.11. The Kier molecular flexibility index (Phi) is 7.01. The summed E-state index contributed by atoms with van der Waals surface area (Å²) in [5, 5.41) is 3.22. The molecule has 0 radical (unpaired) electrons. The van der Waals surface area contributed by atoms with Gasteiger partial charge in [0, 0.05) is 26.5 Å². The van der Waals surface area contributed by atoms with Crippen LogP contribution in [0.4, 0.5) is 0 Å². The molecular formula is C13H21NO4S. The predicted octanol–water partition coefficient (Wildman–Crippen LogP) is 0.843. The van der Waals surface area contributed by atoms with E-state index in [4.69, 9.17) is 9.47 Å². The van der Waals surface area contributed by atoms with Crippen LogP contribution in [0.1, 0.15) is 5.56 Å². The summed E-state index contributed by atoms with van der Waals surface area (Å²) in [5.41, 5.74) is 1.05. The number of benzene rings is 1. The molecule has 0 amide bonds. The maximum Gasteiger partial charge on any atom is 0.175 e. The molecule has 0 unspecified atom stereocenters. The molecule has 0 aliphatic rings. The summed E-state index contributed by atoms with van der Waals surface area (Å²) in [6, 6.07) is 6.88. The maximum absolute atomic E-state index is 11.3. The van der Waals surface area contributed by atoms with Gasteiger partial charge in [-0.15, -0.1) is 0 Å². The van der Waals surface area contributed by atoms with Gasteiger partial charge in [-0.2, -0.15) is 0 Å². The van der Waals surface area contributed by atoms with E-state index in [9.17, 15) is 8.42 Å². The summed E-state index contributed by atoms with van der Waals surface area (Å²) in [7, 11) is -1.47. The molecule has 5 nitrogen and oxygen atoms in total. The van der Waals surface area contributed by atoms with Gasteiger partial charge >= 0.3 is 0 Å². The number of sulfone groups is 1. The van der Waals surface area contributed by atoms with Gasteiger partial charge in [-0.3, -0.25) is 0 Å². The van der Waals surface area contributed by atoms with Crippen LogP contribution in [0.25, 0.3) is 0 Å². The molecule has 0 heterocycles. The van der Waals surface area contributed by atoms with Crippen molar-refractivity contribution >= 4 is 9.84 Å². The van der Waals surface area contributed by atoms with Crippen molar-refractivity contribution in [2.24, 2.45) is 0 Å². The zero-order valence-corrected chi connectivity index (χ0v) is 12.2. The summed E-state index contributed by atoms with van der Waals surface area (Å²) in [6.07, 6.45) is 1.21. The van der Waals surface area contributed by atoms with Gasteiger partial charge < -0.3 is 14.8 Å². The molecule has 1 aromatic carbocycles. The fraction of sp³-hybridized carbons (Fsp3) is 0.538. The van der Waals surface area contributed by atoms with E-state index in [1.165, 1.54) is 6.26 Å². The molecule has 1 aromatic rings. The third kappa shape index (κ3) is 6.68. The molecule has 1 rings (SSSR count). The largest absolute Gasteiger partial charge is 0.382 e. The van der Waals surface area contributed by atoms with Crippen LogP contribution in [0.15, 0.2) is 29.2 Å². The number of hydrogen-bond donors (Lipinski definition) is 1. The first-order valence-electron chi connectivity index (χ1n) is 6.10. The number of nitrogens with one attached hydrogen (secondary N) is 1. The molecule has 0 aromatic heterocycles. The molecule has 0 atom stereocenters. The first-order valence-corrected chi connectivity index (χ1v) is 7.99. The van der Waals surface area contributed by atoms with Gasteiger partial charge in [0.25, 0.3) is 0 Å². The van der Waals surface area contributed by atoms with Crippen LogP contribution in [0, 0.1) is 0 Å². The highest BCUT2D eigenvalue weighted by molar-refractivity contribution is 7.90. The van der Waals surface area contributed by atoms with Gasteiger partial charge in [-0.05, 0) is 17.7 Å². The summed E-state index contributed by atoms with van der Waals surface area (Å²) >= 11 is 0. The lowest BCUT2D eigenvalue weighted by Gasteiger charge is -2.06. The molecule has 0 spiro atoms. The van der Waals surface area contributed by atoms with Crippen molar-refractivity contribution < 1.29 is 17.9 Å². The number of methoxy groups -OCH3 is 1. The molecule has 0 bridgehead atoms. The van der Waals surface area contributed by atoms with Crippen molar-refractivity contribution in [3.05, 3.63) is 29.8 Å². The van der Waals surface area contributed by atoms with E-state index < -0.39 is 9.84 Å². The summed E-state index contributed by atoms with van der Waals surface area (Å²) < 4.78 is 32.7. The van der Waals surface area contributed by atoms with Crippen LogP contribution in [-0.4, -0.2) is 48.1 Å². The summed E-state index contributed by atoms with van der Waals surface area (Å²) in [6.45, 7) is 3.27. The van der Waals surface area contributed by atoms with E-state index in [2.05, 4.69) is 5.32 Å². The molecule has 108 valence electrons. The lowest BCUT2D eigenvalue weighted by molar-refractivity contribution is 0.0719. The van der Waals surface area contributed by atoms with E-state index in [-0.39, 0.29) is 0 Å². The molecule has 19 heavy (non-hydrogen) atoms. The second-order valence-corrected chi connectivity index (χ2v) is 6.21. The SMILES string of the molecule is COCCOCCNCc1ccc(S(C)(=O)=O)cc1. The van der Waals surface area contributed by atoms with Gasteiger partial charge in [0.15, 0.2) is 9.84 Å². The van der Waals surface area contributed by atoms with E-state index >= 15 is 0 Å². The van der Waals surface area contributed by atoms with E-state index in [0.29, 0.717) is 31.3 Å². The molecule has 0 saturated carbocycles. The molecule has 0 aliphatic heterocycles. The van der Waals surface area contributed by atoms with E-state index in [1.54, 1.807) is 19.2 Å². The fourth-order valence-electron chi connectivity index (χ4n) is 1.48. The van der Waals surface area contributed by atoms with Crippen LogP contribution >= 0.6 is 0 Å². The first-order chi connectivity index (χ1) is 9.04. The normalized spacial score (nSPS) is 11.7. The summed E-state index contributed by atoms with van der Waals surface area (Å²) in [5.74, 6) is 0. The standard InChI is InChI=1S/C13H21NO4S/c1-17-9-10-18-8-7-14-11-12-3-5-13(6-4-12)19(2,15)16/h3-6,14H,7-11H2,1-2H3. The minimum atomic E-state index is -3.11. The zero-order valence-electron chi connectivity index (χ0n) is 11.4. The van der Waals surface area contributed by atoms with Gasteiger partial charge in [0.05, 0.1) is 24.7 Å². The topological polar surface area (TPSA) is 64.6 Å². The third-order valence-corrected chi connectivity index (χ3v) is 3.66. The number of rotatable bonds is 9. The Morgan fingerprint density at radius 2 is 1.79 bits per heavy atom. The highest BCUT2D eigenvalue weighted by Crippen LogP contribution is 2.09. The molecule has 0 fully saturated rings. The second kappa shape index (κ2) is 8.27. The first kappa shape index (κ1) is 16.1. The lowest BCUT2D eigenvalue weighted by Crippen LogP contribution is -2.20. The Hall–Kier alpha value is -0.950. The number of hydrogen-bond acceptors (Lipinski definition) is 5. The van der Waals surface area contributed by atoms with Crippen molar-refractivity contribution in [2.45, 2.75) is 11.4 Å². The minimum absolute atomic E-state index is 0.346. The quantitative estimate of drug-likeness (QED) is 0.682.